The monoisotopic (exact) mass is 379 g/mol. The van der Waals surface area contributed by atoms with Gasteiger partial charge in [-0.05, 0) is 55.2 Å². The van der Waals surface area contributed by atoms with E-state index < -0.39 is 0 Å². The van der Waals surface area contributed by atoms with Crippen LogP contribution in [0.15, 0.2) is 36.9 Å². The van der Waals surface area contributed by atoms with Gasteiger partial charge in [0.25, 0.3) is 0 Å². The molecular formula is C22H29N5O. The molecule has 1 aliphatic heterocycles. The van der Waals surface area contributed by atoms with Crippen molar-refractivity contribution in [3.8, 4) is 5.75 Å². The number of nitrogens with zero attached hydrogens (tertiary/aromatic N) is 5. The first-order valence-electron chi connectivity index (χ1n) is 10.6. The lowest BCUT2D eigenvalue weighted by Gasteiger charge is -2.42. The van der Waals surface area contributed by atoms with Crippen LogP contribution in [-0.2, 0) is 5.54 Å². The number of benzene rings is 1. The molecule has 2 aliphatic carbocycles. The molecule has 0 radical (unpaired) electrons. The molecule has 2 saturated carbocycles. The Morgan fingerprint density at radius 3 is 2.46 bits per heavy atom. The van der Waals surface area contributed by atoms with Crippen molar-refractivity contribution in [1.29, 1.82) is 0 Å². The Kier molecular flexibility index (Phi) is 4.46. The van der Waals surface area contributed by atoms with Crippen LogP contribution in [-0.4, -0.2) is 52.6 Å². The maximum absolute atomic E-state index is 5.83. The Bertz CT molecular complexity index is 809. The molecule has 2 aromatic rings. The van der Waals surface area contributed by atoms with Gasteiger partial charge in [-0.1, -0.05) is 19.1 Å². The van der Waals surface area contributed by atoms with Crippen LogP contribution in [0.2, 0.25) is 0 Å². The summed E-state index contributed by atoms with van der Waals surface area (Å²) in [4.78, 5) is 17.6. The minimum absolute atomic E-state index is 0.199. The highest BCUT2D eigenvalue weighted by Crippen LogP contribution is 2.70. The van der Waals surface area contributed by atoms with E-state index in [1.807, 2.05) is 0 Å². The maximum Gasteiger partial charge on any atom is 0.228 e. The van der Waals surface area contributed by atoms with Gasteiger partial charge in [0.05, 0.1) is 12.1 Å². The number of aromatic nitrogens is 3. The highest BCUT2D eigenvalue weighted by Gasteiger charge is 2.70. The van der Waals surface area contributed by atoms with Gasteiger partial charge in [-0.3, -0.25) is 4.90 Å². The molecule has 0 N–H and O–H groups in total. The number of rotatable bonds is 5. The first-order valence-corrected chi connectivity index (χ1v) is 10.6. The van der Waals surface area contributed by atoms with Gasteiger partial charge in [-0.15, -0.1) is 0 Å². The third kappa shape index (κ3) is 2.77. The number of fused-ring (bicyclic) bond motifs is 1. The van der Waals surface area contributed by atoms with Crippen LogP contribution in [0.3, 0.4) is 0 Å². The molecule has 6 heteroatoms. The predicted molar refractivity (Wildman–Crippen MR) is 108 cm³/mol. The van der Waals surface area contributed by atoms with Gasteiger partial charge in [0, 0.05) is 26.2 Å². The molecule has 1 saturated heterocycles. The van der Waals surface area contributed by atoms with E-state index in [-0.39, 0.29) is 5.54 Å². The van der Waals surface area contributed by atoms with Gasteiger partial charge in [0.1, 0.15) is 18.4 Å². The van der Waals surface area contributed by atoms with E-state index >= 15 is 0 Å². The van der Waals surface area contributed by atoms with Crippen LogP contribution >= 0.6 is 0 Å². The smallest absolute Gasteiger partial charge is 0.228 e. The van der Waals surface area contributed by atoms with Crippen molar-refractivity contribution in [3.05, 3.63) is 42.5 Å². The van der Waals surface area contributed by atoms with Gasteiger partial charge in [0.2, 0.25) is 5.95 Å². The van der Waals surface area contributed by atoms with Crippen LogP contribution in [0.25, 0.3) is 0 Å². The van der Waals surface area contributed by atoms with Crippen molar-refractivity contribution in [1.82, 2.24) is 19.9 Å². The van der Waals surface area contributed by atoms with E-state index in [4.69, 9.17) is 4.74 Å². The van der Waals surface area contributed by atoms with Crippen molar-refractivity contribution in [3.63, 3.8) is 0 Å². The molecular weight excluding hydrogens is 350 g/mol. The summed E-state index contributed by atoms with van der Waals surface area (Å²) >= 11 is 0. The highest BCUT2D eigenvalue weighted by molar-refractivity contribution is 5.42. The molecule has 3 fully saturated rings. The van der Waals surface area contributed by atoms with Crippen LogP contribution in [0.4, 0.5) is 5.95 Å². The normalized spacial score (nSPS) is 32.2. The number of hydrogen-bond donors (Lipinski definition) is 0. The Balaban J connectivity index is 1.40. The van der Waals surface area contributed by atoms with Crippen LogP contribution in [0.1, 0.15) is 32.3 Å². The minimum atomic E-state index is 0.199. The van der Waals surface area contributed by atoms with E-state index in [9.17, 15) is 0 Å². The van der Waals surface area contributed by atoms with E-state index in [1.54, 1.807) is 12.7 Å². The van der Waals surface area contributed by atoms with Gasteiger partial charge in [-0.2, -0.15) is 0 Å². The molecule has 5 rings (SSSR count). The fraction of sp³-hybridized carbons (Fsp3) is 0.591. The van der Waals surface area contributed by atoms with Gasteiger partial charge >= 0.3 is 0 Å². The third-order valence-corrected chi connectivity index (χ3v) is 6.99. The first kappa shape index (κ1) is 17.9. The predicted octanol–water partition coefficient (Wildman–Crippen LogP) is 2.96. The molecule has 0 amide bonds. The molecule has 148 valence electrons. The van der Waals surface area contributed by atoms with Gasteiger partial charge in [0.15, 0.2) is 0 Å². The van der Waals surface area contributed by atoms with Gasteiger partial charge < -0.3 is 9.64 Å². The van der Waals surface area contributed by atoms with Crippen molar-refractivity contribution in [2.24, 2.45) is 17.8 Å². The second-order valence-electron chi connectivity index (χ2n) is 8.49. The van der Waals surface area contributed by atoms with Crippen LogP contribution in [0, 0.1) is 17.8 Å². The van der Waals surface area contributed by atoms with Crippen molar-refractivity contribution >= 4 is 5.95 Å². The van der Waals surface area contributed by atoms with E-state index in [0.717, 1.165) is 55.6 Å². The van der Waals surface area contributed by atoms with Crippen LogP contribution in [0.5, 0.6) is 5.75 Å². The topological polar surface area (TPSA) is 54.4 Å². The summed E-state index contributed by atoms with van der Waals surface area (Å²) in [6.45, 7) is 9.20. The zero-order valence-electron chi connectivity index (χ0n) is 16.8. The molecule has 1 aromatic carbocycles. The van der Waals surface area contributed by atoms with Crippen molar-refractivity contribution in [2.75, 3.05) is 37.7 Å². The molecule has 0 spiro atoms. The first-order chi connectivity index (χ1) is 13.7. The number of ether oxygens (including phenoxy) is 1. The molecule has 3 aliphatic rings. The number of anilines is 1. The molecule has 2 heterocycles. The average molecular weight is 380 g/mol. The fourth-order valence-electron chi connectivity index (χ4n) is 5.93. The summed E-state index contributed by atoms with van der Waals surface area (Å²) in [5.74, 6) is 4.21. The summed E-state index contributed by atoms with van der Waals surface area (Å²) in [5.41, 5.74) is 1.65. The average Bonchev–Trinajstić information content (AvgIpc) is 3.16. The van der Waals surface area contributed by atoms with E-state index in [1.165, 1.54) is 18.4 Å². The molecule has 28 heavy (non-hydrogen) atoms. The second-order valence-corrected chi connectivity index (χ2v) is 8.49. The van der Waals surface area contributed by atoms with Crippen molar-refractivity contribution in [2.45, 2.75) is 32.2 Å². The quantitative estimate of drug-likeness (QED) is 0.796. The van der Waals surface area contributed by atoms with Crippen LogP contribution < -0.4 is 9.64 Å². The minimum Gasteiger partial charge on any atom is -0.494 e. The van der Waals surface area contributed by atoms with Gasteiger partial charge in [-0.25, -0.2) is 15.0 Å². The molecule has 6 nitrogen and oxygen atoms in total. The molecule has 0 bridgehead atoms. The lowest BCUT2D eigenvalue weighted by atomic mass is 9.89. The highest BCUT2D eigenvalue weighted by atomic mass is 16.5. The number of piperazine rings is 1. The summed E-state index contributed by atoms with van der Waals surface area (Å²) in [6.07, 6.45) is 5.86. The van der Waals surface area contributed by atoms with E-state index in [2.05, 4.69) is 62.9 Å². The Morgan fingerprint density at radius 2 is 1.79 bits per heavy atom. The summed E-state index contributed by atoms with van der Waals surface area (Å²) in [5, 5.41) is 0. The zero-order valence-corrected chi connectivity index (χ0v) is 16.8. The standard InChI is InChI=1S/C22H29N5O/c1-3-28-18-6-4-5-17(13-18)22(19-11-16(2)12-20(19)22)27-9-7-26(8-10-27)21-24-14-23-15-25-21/h4-6,13-16,19-20H,3,7-12H2,1-2H3/t16?,19-,20+,22?. The lowest BCUT2D eigenvalue weighted by molar-refractivity contribution is 0.123. The SMILES string of the molecule is CCOc1cccc(C2(N3CCN(c4ncncn4)CC3)[C@@H]3CC(C)C[C@@H]32)c1. The van der Waals surface area contributed by atoms with Crippen molar-refractivity contribution < 1.29 is 4.74 Å². The molecule has 4 atom stereocenters. The zero-order chi connectivity index (χ0) is 19.1. The maximum atomic E-state index is 5.83. The summed E-state index contributed by atoms with van der Waals surface area (Å²) in [7, 11) is 0. The Labute approximate surface area is 167 Å². The molecule has 1 aromatic heterocycles. The second kappa shape index (κ2) is 6.99. The summed E-state index contributed by atoms with van der Waals surface area (Å²) < 4.78 is 5.83. The van der Waals surface area contributed by atoms with E-state index in [0.29, 0.717) is 6.61 Å². The Hall–Kier alpha value is -2.21. The fourth-order valence-corrected chi connectivity index (χ4v) is 5.93. The number of hydrogen-bond acceptors (Lipinski definition) is 6. The third-order valence-electron chi connectivity index (χ3n) is 6.99. The lowest BCUT2D eigenvalue weighted by Crippen LogP contribution is -2.52. The Morgan fingerprint density at radius 1 is 1.07 bits per heavy atom. The summed E-state index contributed by atoms with van der Waals surface area (Å²) in [6, 6.07) is 8.87. The largest absolute Gasteiger partial charge is 0.494 e. The molecule has 2 unspecified atom stereocenters.